The number of rotatable bonds is 5. The van der Waals surface area contributed by atoms with Crippen LogP contribution in [0.1, 0.15) is 48.5 Å². The quantitative estimate of drug-likeness (QED) is 0.791. The molecule has 0 radical (unpaired) electrons. The summed E-state index contributed by atoms with van der Waals surface area (Å²) in [6.07, 6.45) is -1.24. The van der Waals surface area contributed by atoms with E-state index in [1.165, 1.54) is 0 Å². The smallest absolute Gasteiger partial charge is 0.201 e. The first kappa shape index (κ1) is 17.4. The van der Waals surface area contributed by atoms with E-state index < -0.39 is 20.7 Å². The van der Waals surface area contributed by atoms with E-state index in [2.05, 4.69) is 41.5 Å². The molecule has 124 valence electrons. The number of fused-ring (bicyclic) bond motifs is 2. The highest BCUT2D eigenvalue weighted by atomic mass is 28.4. The standard InChI is InChI=1S/C16H32O4Si/c1-9(2)21(10(3)4,11(5)6)20-15-14(17)12(7)13-8-18-16(15)19-13/h9-17H,8H2,1-7H3/t12-,13-,14+,15-,16-/m1/s1. The van der Waals surface area contributed by atoms with Crippen molar-refractivity contribution in [3.05, 3.63) is 0 Å². The van der Waals surface area contributed by atoms with Gasteiger partial charge in [0.1, 0.15) is 6.10 Å². The predicted octanol–water partition coefficient (Wildman–Crippen LogP) is 3.30. The van der Waals surface area contributed by atoms with Crippen molar-refractivity contribution in [1.82, 2.24) is 0 Å². The normalized spacial score (nSPS) is 37.0. The second-order valence-electron chi connectivity index (χ2n) is 7.63. The molecule has 0 saturated carbocycles. The molecule has 0 aromatic rings. The molecule has 2 rings (SSSR count). The van der Waals surface area contributed by atoms with Gasteiger partial charge in [-0.1, -0.05) is 48.5 Å². The van der Waals surface area contributed by atoms with Gasteiger partial charge in [0.05, 0.1) is 18.8 Å². The summed E-state index contributed by atoms with van der Waals surface area (Å²) >= 11 is 0. The molecule has 2 fully saturated rings. The van der Waals surface area contributed by atoms with Crippen molar-refractivity contribution in [2.75, 3.05) is 6.61 Å². The predicted molar refractivity (Wildman–Crippen MR) is 85.7 cm³/mol. The number of ether oxygens (including phenoxy) is 2. The minimum Gasteiger partial charge on any atom is -0.405 e. The van der Waals surface area contributed by atoms with Crippen molar-refractivity contribution in [1.29, 1.82) is 0 Å². The summed E-state index contributed by atoms with van der Waals surface area (Å²) in [5.74, 6) is 0.0620. The van der Waals surface area contributed by atoms with Gasteiger partial charge < -0.3 is 19.0 Å². The highest BCUT2D eigenvalue weighted by molar-refractivity contribution is 6.77. The van der Waals surface area contributed by atoms with Crippen LogP contribution in [-0.4, -0.2) is 44.6 Å². The average Bonchev–Trinajstić information content (AvgIpc) is 2.82. The average molecular weight is 317 g/mol. The van der Waals surface area contributed by atoms with Gasteiger partial charge in [-0.05, 0) is 16.6 Å². The zero-order valence-electron chi connectivity index (χ0n) is 14.5. The molecular weight excluding hydrogens is 284 g/mol. The van der Waals surface area contributed by atoms with Gasteiger partial charge in [-0.3, -0.25) is 0 Å². The maximum atomic E-state index is 10.7. The van der Waals surface area contributed by atoms with Crippen LogP contribution in [0, 0.1) is 5.92 Å². The lowest BCUT2D eigenvalue weighted by molar-refractivity contribution is -0.205. The molecule has 21 heavy (non-hydrogen) atoms. The van der Waals surface area contributed by atoms with Crippen molar-refractivity contribution in [2.24, 2.45) is 5.92 Å². The van der Waals surface area contributed by atoms with E-state index in [9.17, 15) is 5.11 Å². The molecule has 5 atom stereocenters. The maximum Gasteiger partial charge on any atom is 0.201 e. The summed E-state index contributed by atoms with van der Waals surface area (Å²) in [4.78, 5) is 0. The Morgan fingerprint density at radius 1 is 1.05 bits per heavy atom. The lowest BCUT2D eigenvalue weighted by Crippen LogP contribution is -2.59. The minimum atomic E-state index is -2.05. The van der Waals surface area contributed by atoms with Crippen molar-refractivity contribution in [3.8, 4) is 0 Å². The molecule has 5 heteroatoms. The molecule has 0 spiro atoms. The molecule has 4 nitrogen and oxygen atoms in total. The molecule has 2 saturated heterocycles. The third kappa shape index (κ3) is 2.83. The van der Waals surface area contributed by atoms with E-state index in [1.807, 2.05) is 6.92 Å². The summed E-state index contributed by atoms with van der Waals surface area (Å²) in [5.41, 5.74) is 1.46. The summed E-state index contributed by atoms with van der Waals surface area (Å²) in [6.45, 7) is 16.1. The van der Waals surface area contributed by atoms with E-state index in [-0.39, 0.29) is 18.1 Å². The van der Waals surface area contributed by atoms with Crippen LogP contribution in [0.2, 0.25) is 16.6 Å². The van der Waals surface area contributed by atoms with Gasteiger partial charge in [0, 0.05) is 5.92 Å². The van der Waals surface area contributed by atoms with Crippen LogP contribution in [0.5, 0.6) is 0 Å². The first-order valence-electron chi connectivity index (χ1n) is 8.34. The molecule has 0 aliphatic carbocycles. The van der Waals surface area contributed by atoms with Crippen LogP contribution in [0.25, 0.3) is 0 Å². The fourth-order valence-corrected chi connectivity index (χ4v) is 9.88. The topological polar surface area (TPSA) is 47.9 Å². The Labute approximate surface area is 130 Å². The first-order valence-corrected chi connectivity index (χ1v) is 10.5. The lowest BCUT2D eigenvalue weighted by atomic mass is 9.93. The minimum absolute atomic E-state index is 0.0121. The Morgan fingerprint density at radius 2 is 1.57 bits per heavy atom. The van der Waals surface area contributed by atoms with Crippen LogP contribution in [-0.2, 0) is 13.9 Å². The molecule has 0 amide bonds. The van der Waals surface area contributed by atoms with Gasteiger partial charge >= 0.3 is 0 Å². The molecule has 2 bridgehead atoms. The van der Waals surface area contributed by atoms with Crippen LogP contribution in [0.3, 0.4) is 0 Å². The molecular formula is C16H32O4Si. The van der Waals surface area contributed by atoms with Gasteiger partial charge in [0.2, 0.25) is 8.32 Å². The second kappa shape index (κ2) is 6.28. The third-order valence-corrected chi connectivity index (χ3v) is 11.6. The fraction of sp³-hybridized carbons (Fsp3) is 1.00. The van der Waals surface area contributed by atoms with Crippen molar-refractivity contribution in [2.45, 2.75) is 89.7 Å². The Bertz CT molecular complexity index is 336. The SMILES string of the molecule is CC(C)[Si](O[C@H]1[C@@H]2OC[C@@H](O2)[C@@H](C)[C@@H]1O)(C(C)C)C(C)C. The third-order valence-electron chi connectivity index (χ3n) is 5.51. The van der Waals surface area contributed by atoms with Crippen LogP contribution in [0.15, 0.2) is 0 Å². The molecule has 0 unspecified atom stereocenters. The molecule has 2 aliphatic heterocycles. The maximum absolute atomic E-state index is 10.7. The monoisotopic (exact) mass is 316 g/mol. The zero-order chi connectivity index (χ0) is 15.9. The molecule has 1 N–H and O–H groups in total. The van der Waals surface area contributed by atoms with Crippen LogP contribution in [0.4, 0.5) is 0 Å². The molecule has 0 aromatic carbocycles. The number of aliphatic hydroxyl groups is 1. The van der Waals surface area contributed by atoms with Crippen molar-refractivity contribution in [3.63, 3.8) is 0 Å². The number of aliphatic hydroxyl groups excluding tert-OH is 1. The highest BCUT2D eigenvalue weighted by Crippen LogP contribution is 2.45. The molecule has 2 aliphatic rings. The second-order valence-corrected chi connectivity index (χ2v) is 13.0. The number of hydrogen-bond donors (Lipinski definition) is 1. The van der Waals surface area contributed by atoms with E-state index in [0.717, 1.165) is 0 Å². The van der Waals surface area contributed by atoms with Gasteiger partial charge in [-0.2, -0.15) is 0 Å². The summed E-state index contributed by atoms with van der Waals surface area (Å²) < 4.78 is 18.3. The summed E-state index contributed by atoms with van der Waals surface area (Å²) in [6, 6.07) is 0. The fourth-order valence-electron chi connectivity index (χ4n) is 4.34. The van der Waals surface area contributed by atoms with E-state index in [1.54, 1.807) is 0 Å². The zero-order valence-corrected chi connectivity index (χ0v) is 15.5. The van der Waals surface area contributed by atoms with E-state index in [0.29, 0.717) is 23.2 Å². The Morgan fingerprint density at radius 3 is 2.05 bits per heavy atom. The molecule has 2 heterocycles. The number of hydrogen-bond acceptors (Lipinski definition) is 4. The Balaban J connectivity index is 2.27. The van der Waals surface area contributed by atoms with Gasteiger partial charge in [0.25, 0.3) is 0 Å². The van der Waals surface area contributed by atoms with Gasteiger partial charge in [-0.25, -0.2) is 0 Å². The van der Waals surface area contributed by atoms with Crippen molar-refractivity contribution >= 4 is 8.32 Å². The van der Waals surface area contributed by atoms with E-state index >= 15 is 0 Å². The van der Waals surface area contributed by atoms with E-state index in [4.69, 9.17) is 13.9 Å². The highest BCUT2D eigenvalue weighted by Gasteiger charge is 2.54. The largest absolute Gasteiger partial charge is 0.405 e. The Hall–Kier alpha value is 0.0569. The summed E-state index contributed by atoms with van der Waals surface area (Å²) in [5, 5.41) is 10.7. The Kier molecular flexibility index (Phi) is 5.21. The summed E-state index contributed by atoms with van der Waals surface area (Å²) in [7, 11) is -2.05. The van der Waals surface area contributed by atoms with Gasteiger partial charge in [0.15, 0.2) is 6.29 Å². The van der Waals surface area contributed by atoms with Crippen molar-refractivity contribution < 1.29 is 19.0 Å². The van der Waals surface area contributed by atoms with Gasteiger partial charge in [-0.15, -0.1) is 0 Å². The van der Waals surface area contributed by atoms with Crippen LogP contribution >= 0.6 is 0 Å². The first-order chi connectivity index (χ1) is 9.71. The molecule has 0 aromatic heterocycles. The lowest BCUT2D eigenvalue weighted by Gasteiger charge is -2.48. The van der Waals surface area contributed by atoms with Crippen LogP contribution < -0.4 is 0 Å².